The van der Waals surface area contributed by atoms with Gasteiger partial charge in [0.25, 0.3) is 0 Å². The van der Waals surface area contributed by atoms with Crippen molar-refractivity contribution in [3.05, 3.63) is 41.7 Å². The van der Waals surface area contributed by atoms with E-state index in [0.29, 0.717) is 0 Å². The molecular formula is C19H23N3O. The molecule has 3 aromatic rings. The molecule has 4 heteroatoms. The maximum absolute atomic E-state index is 11.2. The van der Waals surface area contributed by atoms with Crippen LogP contribution < -0.4 is 0 Å². The third-order valence-corrected chi connectivity index (χ3v) is 4.53. The summed E-state index contributed by atoms with van der Waals surface area (Å²) < 4.78 is 0. The van der Waals surface area contributed by atoms with E-state index in [4.69, 9.17) is 0 Å². The monoisotopic (exact) mass is 309 g/mol. The van der Waals surface area contributed by atoms with E-state index in [0.717, 1.165) is 42.5 Å². The standard InChI is InChI=1S/C19H23N3O/c1-13-19-18(16-9-4-5-10-17(16)21-19)15(12-20-13)8-6-7-11-22(3)14(2)23/h4-5,9-10,12,21H,6-8,11H2,1-3H3. The van der Waals surface area contributed by atoms with Crippen LogP contribution in [0.3, 0.4) is 0 Å². The van der Waals surface area contributed by atoms with Gasteiger partial charge in [-0.15, -0.1) is 0 Å². The summed E-state index contributed by atoms with van der Waals surface area (Å²) in [7, 11) is 1.85. The number of aromatic nitrogens is 2. The third kappa shape index (κ3) is 3.07. The zero-order valence-corrected chi connectivity index (χ0v) is 14.0. The Bertz CT molecular complexity index is 850. The van der Waals surface area contributed by atoms with Crippen molar-refractivity contribution in [2.75, 3.05) is 13.6 Å². The molecule has 0 atom stereocenters. The van der Waals surface area contributed by atoms with E-state index >= 15 is 0 Å². The summed E-state index contributed by atoms with van der Waals surface area (Å²) in [5.74, 6) is 0.126. The Labute approximate surface area is 136 Å². The molecule has 0 saturated heterocycles. The summed E-state index contributed by atoms with van der Waals surface area (Å²) in [4.78, 5) is 21.1. The van der Waals surface area contributed by atoms with Gasteiger partial charge in [-0.2, -0.15) is 0 Å². The minimum atomic E-state index is 0.126. The summed E-state index contributed by atoms with van der Waals surface area (Å²) >= 11 is 0. The van der Waals surface area contributed by atoms with Gasteiger partial charge in [-0.3, -0.25) is 9.78 Å². The molecule has 120 valence electrons. The van der Waals surface area contributed by atoms with Crippen LogP contribution in [0.25, 0.3) is 21.8 Å². The SMILES string of the molecule is CC(=O)N(C)CCCCc1cnc(C)c2[nH]c3ccccc3c12. The second-order valence-electron chi connectivity index (χ2n) is 6.19. The predicted molar refractivity (Wildman–Crippen MR) is 94.6 cm³/mol. The van der Waals surface area contributed by atoms with Gasteiger partial charge >= 0.3 is 0 Å². The van der Waals surface area contributed by atoms with E-state index in [1.165, 1.54) is 16.3 Å². The normalized spacial score (nSPS) is 11.3. The lowest BCUT2D eigenvalue weighted by atomic mass is 10.0. The first-order chi connectivity index (χ1) is 11.1. The van der Waals surface area contributed by atoms with Crippen LogP contribution in [0, 0.1) is 6.92 Å². The fraction of sp³-hybridized carbons (Fsp3) is 0.368. The first kappa shape index (κ1) is 15.5. The van der Waals surface area contributed by atoms with Crippen LogP contribution in [-0.2, 0) is 11.2 Å². The number of rotatable bonds is 5. The number of benzene rings is 1. The number of nitrogens with one attached hydrogen (secondary N) is 1. The molecule has 0 aliphatic rings. The molecule has 1 aromatic carbocycles. The number of unbranched alkanes of at least 4 members (excludes halogenated alkanes) is 1. The number of fused-ring (bicyclic) bond motifs is 3. The van der Waals surface area contributed by atoms with Crippen molar-refractivity contribution in [2.45, 2.75) is 33.1 Å². The van der Waals surface area contributed by atoms with Crippen molar-refractivity contribution in [2.24, 2.45) is 0 Å². The van der Waals surface area contributed by atoms with E-state index in [2.05, 4.69) is 34.2 Å². The molecule has 2 aromatic heterocycles. The number of hydrogen-bond donors (Lipinski definition) is 1. The average Bonchev–Trinajstić information content (AvgIpc) is 2.93. The fourth-order valence-electron chi connectivity index (χ4n) is 3.06. The highest BCUT2D eigenvalue weighted by molar-refractivity contribution is 6.09. The molecular weight excluding hydrogens is 286 g/mol. The first-order valence-corrected chi connectivity index (χ1v) is 8.14. The molecule has 0 aliphatic heterocycles. The van der Waals surface area contributed by atoms with Crippen molar-refractivity contribution >= 4 is 27.7 Å². The van der Waals surface area contributed by atoms with Gasteiger partial charge in [-0.25, -0.2) is 0 Å². The van der Waals surface area contributed by atoms with Crippen molar-refractivity contribution in [3.63, 3.8) is 0 Å². The Kier molecular flexibility index (Phi) is 4.33. The largest absolute Gasteiger partial charge is 0.353 e. The number of hydrogen-bond acceptors (Lipinski definition) is 2. The zero-order chi connectivity index (χ0) is 16.4. The molecule has 2 heterocycles. The molecule has 3 rings (SSSR count). The summed E-state index contributed by atoms with van der Waals surface area (Å²) in [5, 5.41) is 2.57. The number of nitrogens with zero attached hydrogens (tertiary/aromatic N) is 2. The second kappa shape index (κ2) is 6.41. The number of amides is 1. The molecule has 0 fully saturated rings. The number of para-hydroxylation sites is 1. The number of H-pyrrole nitrogens is 1. The van der Waals surface area contributed by atoms with Crippen molar-refractivity contribution in [3.8, 4) is 0 Å². The van der Waals surface area contributed by atoms with Crippen LogP contribution in [0.2, 0.25) is 0 Å². The van der Waals surface area contributed by atoms with Gasteiger partial charge in [-0.05, 0) is 37.8 Å². The average molecular weight is 309 g/mol. The van der Waals surface area contributed by atoms with Gasteiger partial charge in [0.1, 0.15) is 0 Å². The van der Waals surface area contributed by atoms with Crippen LogP contribution >= 0.6 is 0 Å². The van der Waals surface area contributed by atoms with Gasteiger partial charge in [0, 0.05) is 43.0 Å². The Morgan fingerprint density at radius 2 is 2.04 bits per heavy atom. The summed E-state index contributed by atoms with van der Waals surface area (Å²) in [6, 6.07) is 8.41. The van der Waals surface area contributed by atoms with Gasteiger partial charge in [-0.1, -0.05) is 18.2 Å². The minimum Gasteiger partial charge on any atom is -0.353 e. The predicted octanol–water partition coefficient (Wildman–Crippen LogP) is 3.83. The molecule has 0 unspecified atom stereocenters. The first-order valence-electron chi connectivity index (χ1n) is 8.14. The van der Waals surface area contributed by atoms with Crippen molar-refractivity contribution < 1.29 is 4.79 Å². The number of carbonyl (C=O) groups excluding carboxylic acids is 1. The van der Waals surface area contributed by atoms with Crippen LogP contribution in [0.1, 0.15) is 31.0 Å². The fourth-order valence-corrected chi connectivity index (χ4v) is 3.06. The molecule has 0 bridgehead atoms. The van der Waals surface area contributed by atoms with Gasteiger partial charge < -0.3 is 9.88 Å². The third-order valence-electron chi connectivity index (χ3n) is 4.53. The highest BCUT2D eigenvalue weighted by Gasteiger charge is 2.11. The maximum Gasteiger partial charge on any atom is 0.219 e. The maximum atomic E-state index is 11.2. The lowest BCUT2D eigenvalue weighted by Gasteiger charge is -2.14. The van der Waals surface area contributed by atoms with Crippen LogP contribution in [0.5, 0.6) is 0 Å². The van der Waals surface area contributed by atoms with Gasteiger partial charge in [0.15, 0.2) is 0 Å². The lowest BCUT2D eigenvalue weighted by molar-refractivity contribution is -0.127. The quantitative estimate of drug-likeness (QED) is 0.728. The number of pyridine rings is 1. The Morgan fingerprint density at radius 1 is 1.26 bits per heavy atom. The van der Waals surface area contributed by atoms with E-state index in [9.17, 15) is 4.79 Å². The molecule has 0 radical (unpaired) electrons. The van der Waals surface area contributed by atoms with Crippen LogP contribution in [0.4, 0.5) is 0 Å². The smallest absolute Gasteiger partial charge is 0.219 e. The Morgan fingerprint density at radius 3 is 2.83 bits per heavy atom. The number of carbonyl (C=O) groups is 1. The van der Waals surface area contributed by atoms with E-state index < -0.39 is 0 Å². The molecule has 1 N–H and O–H groups in total. The Balaban J connectivity index is 1.84. The van der Waals surface area contributed by atoms with E-state index in [1.54, 1.807) is 11.8 Å². The minimum absolute atomic E-state index is 0.126. The number of aromatic amines is 1. The molecule has 23 heavy (non-hydrogen) atoms. The summed E-state index contributed by atoms with van der Waals surface area (Å²) in [6.07, 6.45) is 5.05. The topological polar surface area (TPSA) is 49.0 Å². The molecule has 4 nitrogen and oxygen atoms in total. The molecule has 0 spiro atoms. The van der Waals surface area contributed by atoms with Crippen LogP contribution in [0.15, 0.2) is 30.5 Å². The zero-order valence-electron chi connectivity index (χ0n) is 14.0. The lowest BCUT2D eigenvalue weighted by Crippen LogP contribution is -2.24. The summed E-state index contributed by atoms with van der Waals surface area (Å²) in [6.45, 7) is 4.47. The summed E-state index contributed by atoms with van der Waals surface area (Å²) in [5.41, 5.74) is 4.63. The molecule has 0 saturated carbocycles. The van der Waals surface area contributed by atoms with Gasteiger partial charge in [0.2, 0.25) is 5.91 Å². The van der Waals surface area contributed by atoms with Crippen LogP contribution in [-0.4, -0.2) is 34.4 Å². The molecule has 0 aliphatic carbocycles. The highest BCUT2D eigenvalue weighted by atomic mass is 16.2. The molecule has 1 amide bonds. The number of aryl methyl sites for hydroxylation is 2. The van der Waals surface area contributed by atoms with E-state index in [1.807, 2.05) is 20.2 Å². The Hall–Kier alpha value is -2.36. The van der Waals surface area contributed by atoms with Crippen molar-refractivity contribution in [1.82, 2.24) is 14.9 Å². The van der Waals surface area contributed by atoms with Crippen molar-refractivity contribution in [1.29, 1.82) is 0 Å². The van der Waals surface area contributed by atoms with E-state index in [-0.39, 0.29) is 5.91 Å². The second-order valence-corrected chi connectivity index (χ2v) is 6.19. The van der Waals surface area contributed by atoms with Gasteiger partial charge in [0.05, 0.1) is 11.2 Å². The highest BCUT2D eigenvalue weighted by Crippen LogP contribution is 2.30.